The Hall–Kier alpha value is -0.580. The molecule has 3 nitrogen and oxygen atoms in total. The number of rotatable bonds is 6. The number of hydrogen-bond donors (Lipinski definition) is 2. The molecule has 1 aliphatic carbocycles. The first-order valence-electron chi connectivity index (χ1n) is 7.82. The minimum Gasteiger partial charge on any atom is -0.491 e. The van der Waals surface area contributed by atoms with Crippen LogP contribution in [0.3, 0.4) is 0 Å². The third-order valence-corrected chi connectivity index (χ3v) is 4.55. The lowest BCUT2D eigenvalue weighted by Gasteiger charge is -2.32. The minimum absolute atomic E-state index is 0.321. The molecule has 0 aromatic heterocycles. The third-order valence-electron chi connectivity index (χ3n) is 4.06. The highest BCUT2D eigenvalue weighted by Crippen LogP contribution is 2.28. The van der Waals surface area contributed by atoms with E-state index in [0.29, 0.717) is 19.2 Å². The molecule has 1 aromatic carbocycles. The number of benzene rings is 1. The van der Waals surface area contributed by atoms with Crippen LogP contribution in [0.5, 0.6) is 5.75 Å². The number of ether oxygens (including phenoxy) is 1. The van der Waals surface area contributed by atoms with Gasteiger partial charge in [-0.25, -0.2) is 0 Å². The van der Waals surface area contributed by atoms with Gasteiger partial charge >= 0.3 is 0 Å². The van der Waals surface area contributed by atoms with Crippen LogP contribution in [0.2, 0.25) is 0 Å². The van der Waals surface area contributed by atoms with Crippen LogP contribution in [0.1, 0.15) is 33.1 Å². The molecule has 2 N–H and O–H groups in total. The van der Waals surface area contributed by atoms with E-state index < -0.39 is 6.10 Å². The highest BCUT2D eigenvalue weighted by molar-refractivity contribution is 9.10. The van der Waals surface area contributed by atoms with Gasteiger partial charge in [-0.05, 0) is 49.3 Å². The first kappa shape index (κ1) is 16.8. The number of aliphatic hydroxyl groups excluding tert-OH is 1. The number of halogens is 1. The largest absolute Gasteiger partial charge is 0.491 e. The van der Waals surface area contributed by atoms with E-state index in [2.05, 4.69) is 35.1 Å². The van der Waals surface area contributed by atoms with E-state index in [-0.39, 0.29) is 0 Å². The molecule has 4 heteroatoms. The van der Waals surface area contributed by atoms with Crippen molar-refractivity contribution < 1.29 is 9.84 Å². The predicted octanol–water partition coefficient (Wildman–Crippen LogP) is 3.60. The molecule has 0 saturated heterocycles. The predicted molar refractivity (Wildman–Crippen MR) is 89.6 cm³/mol. The molecule has 0 aliphatic heterocycles. The van der Waals surface area contributed by atoms with Crippen molar-refractivity contribution in [3.8, 4) is 5.75 Å². The van der Waals surface area contributed by atoms with Gasteiger partial charge in [0.1, 0.15) is 18.5 Å². The summed E-state index contributed by atoms with van der Waals surface area (Å²) in [6.07, 6.45) is 3.27. The molecule has 118 valence electrons. The Labute approximate surface area is 136 Å². The van der Waals surface area contributed by atoms with E-state index in [9.17, 15) is 5.11 Å². The first-order valence-corrected chi connectivity index (χ1v) is 8.62. The molecule has 0 bridgehead atoms. The fraction of sp³-hybridized carbons (Fsp3) is 0.647. The van der Waals surface area contributed by atoms with Gasteiger partial charge in [0.05, 0.1) is 0 Å². The zero-order chi connectivity index (χ0) is 15.2. The topological polar surface area (TPSA) is 41.5 Å². The fourth-order valence-corrected chi connectivity index (χ4v) is 3.60. The smallest absolute Gasteiger partial charge is 0.120 e. The van der Waals surface area contributed by atoms with Crippen LogP contribution in [0.4, 0.5) is 0 Å². The fourth-order valence-electron chi connectivity index (χ4n) is 3.22. The lowest BCUT2D eigenvalue weighted by atomic mass is 9.80. The van der Waals surface area contributed by atoms with Crippen LogP contribution in [0.25, 0.3) is 0 Å². The van der Waals surface area contributed by atoms with Crippen LogP contribution >= 0.6 is 15.9 Å². The van der Waals surface area contributed by atoms with Crippen molar-refractivity contribution in [2.75, 3.05) is 13.2 Å². The molecular weight excluding hydrogens is 330 g/mol. The van der Waals surface area contributed by atoms with Crippen molar-refractivity contribution in [3.05, 3.63) is 28.7 Å². The van der Waals surface area contributed by atoms with E-state index in [4.69, 9.17) is 4.74 Å². The van der Waals surface area contributed by atoms with Gasteiger partial charge in [0, 0.05) is 17.1 Å². The standard InChI is InChI=1S/C17H26BrNO2/c1-12-6-13(2)8-15(7-12)19-10-16(20)11-21-17-5-3-4-14(18)9-17/h3-5,9,12-13,15-16,19-20H,6-8,10-11H2,1-2H3. The Bertz CT molecular complexity index is 431. The Balaban J connectivity index is 1.68. The van der Waals surface area contributed by atoms with Crippen LogP contribution < -0.4 is 10.1 Å². The highest BCUT2D eigenvalue weighted by atomic mass is 79.9. The normalized spacial score (nSPS) is 27.3. The lowest BCUT2D eigenvalue weighted by Crippen LogP contribution is -2.41. The summed E-state index contributed by atoms with van der Waals surface area (Å²) >= 11 is 3.41. The molecule has 0 radical (unpaired) electrons. The second-order valence-corrected chi connectivity index (χ2v) is 7.36. The summed E-state index contributed by atoms with van der Waals surface area (Å²) in [6, 6.07) is 8.22. The van der Waals surface area contributed by atoms with Gasteiger partial charge in [-0.2, -0.15) is 0 Å². The quantitative estimate of drug-likeness (QED) is 0.818. The van der Waals surface area contributed by atoms with Crippen molar-refractivity contribution in [1.82, 2.24) is 5.32 Å². The molecule has 1 fully saturated rings. The van der Waals surface area contributed by atoms with Gasteiger partial charge in [-0.3, -0.25) is 0 Å². The van der Waals surface area contributed by atoms with Crippen molar-refractivity contribution in [3.63, 3.8) is 0 Å². The maximum Gasteiger partial charge on any atom is 0.120 e. The molecule has 0 amide bonds. The van der Waals surface area contributed by atoms with Crippen LogP contribution in [0.15, 0.2) is 28.7 Å². The number of nitrogens with one attached hydrogen (secondary N) is 1. The van der Waals surface area contributed by atoms with Crippen molar-refractivity contribution in [1.29, 1.82) is 0 Å². The number of aliphatic hydroxyl groups is 1. The monoisotopic (exact) mass is 355 g/mol. The van der Waals surface area contributed by atoms with Crippen molar-refractivity contribution >= 4 is 15.9 Å². The van der Waals surface area contributed by atoms with E-state index in [1.165, 1.54) is 19.3 Å². The van der Waals surface area contributed by atoms with E-state index in [1.807, 2.05) is 24.3 Å². The summed E-state index contributed by atoms with van der Waals surface area (Å²) in [7, 11) is 0. The van der Waals surface area contributed by atoms with E-state index >= 15 is 0 Å². The third kappa shape index (κ3) is 5.97. The molecule has 1 aromatic rings. The molecule has 1 aliphatic rings. The molecule has 3 atom stereocenters. The summed E-state index contributed by atoms with van der Waals surface area (Å²) in [4.78, 5) is 0. The average molecular weight is 356 g/mol. The van der Waals surface area contributed by atoms with E-state index in [1.54, 1.807) is 0 Å². The SMILES string of the molecule is CC1CC(C)CC(NCC(O)COc2cccc(Br)c2)C1. The van der Waals surface area contributed by atoms with E-state index in [0.717, 1.165) is 22.1 Å². The molecule has 1 saturated carbocycles. The molecule has 0 spiro atoms. The average Bonchev–Trinajstić information content (AvgIpc) is 2.42. The summed E-state index contributed by atoms with van der Waals surface area (Å²) < 4.78 is 6.59. The van der Waals surface area contributed by atoms with Gasteiger partial charge in [-0.1, -0.05) is 35.8 Å². The van der Waals surface area contributed by atoms with Crippen LogP contribution in [-0.2, 0) is 0 Å². The highest BCUT2D eigenvalue weighted by Gasteiger charge is 2.23. The Kier molecular flexibility index (Phi) is 6.52. The first-order chi connectivity index (χ1) is 10.0. The molecule has 3 unspecified atom stereocenters. The van der Waals surface area contributed by atoms with Crippen molar-refractivity contribution in [2.45, 2.75) is 45.3 Å². The minimum atomic E-state index is -0.475. The summed E-state index contributed by atoms with van der Waals surface area (Å²) in [5.41, 5.74) is 0. The Morgan fingerprint density at radius 3 is 2.67 bits per heavy atom. The van der Waals surface area contributed by atoms with Crippen LogP contribution in [-0.4, -0.2) is 30.4 Å². The van der Waals surface area contributed by atoms with Gasteiger partial charge < -0.3 is 15.2 Å². The summed E-state index contributed by atoms with van der Waals surface area (Å²) in [5.74, 6) is 2.34. The number of hydrogen-bond acceptors (Lipinski definition) is 3. The van der Waals surface area contributed by atoms with Gasteiger partial charge in [0.25, 0.3) is 0 Å². The summed E-state index contributed by atoms with van der Waals surface area (Å²) in [6.45, 7) is 5.55. The van der Waals surface area contributed by atoms with Gasteiger partial charge in [0.2, 0.25) is 0 Å². The van der Waals surface area contributed by atoms with Crippen LogP contribution in [0, 0.1) is 11.8 Å². The second kappa shape index (κ2) is 8.16. The van der Waals surface area contributed by atoms with Gasteiger partial charge in [-0.15, -0.1) is 0 Å². The molecule has 2 rings (SSSR count). The maximum absolute atomic E-state index is 10.0. The molecule has 0 heterocycles. The van der Waals surface area contributed by atoms with Crippen molar-refractivity contribution in [2.24, 2.45) is 11.8 Å². The zero-order valence-electron chi connectivity index (χ0n) is 12.9. The molecule has 21 heavy (non-hydrogen) atoms. The zero-order valence-corrected chi connectivity index (χ0v) is 14.5. The Morgan fingerprint density at radius 2 is 2.00 bits per heavy atom. The van der Waals surface area contributed by atoms with Gasteiger partial charge in [0.15, 0.2) is 0 Å². The Morgan fingerprint density at radius 1 is 1.29 bits per heavy atom. The second-order valence-electron chi connectivity index (χ2n) is 6.44. The molecular formula is C17H26BrNO2. The summed E-state index contributed by atoms with van der Waals surface area (Å²) in [5, 5.41) is 13.5. The lowest BCUT2D eigenvalue weighted by molar-refractivity contribution is 0.0983. The maximum atomic E-state index is 10.0.